The molecule has 2 aromatic heterocycles. The normalized spacial score (nSPS) is 17.4. The molecular weight excluding hydrogens is 328 g/mol. The van der Waals surface area contributed by atoms with Crippen molar-refractivity contribution in [3.05, 3.63) is 56.9 Å². The van der Waals surface area contributed by atoms with Gasteiger partial charge in [0.2, 0.25) is 11.6 Å². The van der Waals surface area contributed by atoms with E-state index in [0.29, 0.717) is 31.3 Å². The Morgan fingerprint density at radius 2 is 1.56 bits per heavy atom. The fraction of sp³-hybridized carbons (Fsp3) is 0.333. The standard InChI is InChI=1S/C15H16N6O4/c1-11-10-18(14-12(20(22)23)4-2-6-16-14)8-9-19(11)15-13(21(24)25)5-3-7-17-15/h2-7,11H,8-10H2,1H3/t11-/m1/s1. The largest absolute Gasteiger partial charge is 0.347 e. The van der Waals surface area contributed by atoms with Crippen LogP contribution in [0.1, 0.15) is 6.92 Å². The molecule has 0 spiro atoms. The third kappa shape index (κ3) is 3.18. The summed E-state index contributed by atoms with van der Waals surface area (Å²) in [5, 5.41) is 22.4. The summed E-state index contributed by atoms with van der Waals surface area (Å²) >= 11 is 0. The number of pyridine rings is 2. The van der Waals surface area contributed by atoms with Crippen molar-refractivity contribution in [2.45, 2.75) is 13.0 Å². The summed E-state index contributed by atoms with van der Waals surface area (Å²) < 4.78 is 0. The number of hydrogen-bond donors (Lipinski definition) is 0. The molecule has 1 saturated heterocycles. The lowest BCUT2D eigenvalue weighted by Crippen LogP contribution is -2.53. The summed E-state index contributed by atoms with van der Waals surface area (Å²) in [6.07, 6.45) is 3.04. The lowest BCUT2D eigenvalue weighted by atomic mass is 10.1. The molecular formula is C15H16N6O4. The molecule has 0 amide bonds. The topological polar surface area (TPSA) is 119 Å². The van der Waals surface area contributed by atoms with Crippen LogP contribution in [0, 0.1) is 20.2 Å². The summed E-state index contributed by atoms with van der Waals surface area (Å²) in [6, 6.07) is 5.77. The van der Waals surface area contributed by atoms with E-state index in [1.54, 1.807) is 0 Å². The maximum Gasteiger partial charge on any atom is 0.311 e. The van der Waals surface area contributed by atoms with Crippen LogP contribution in [0.3, 0.4) is 0 Å². The molecule has 0 N–H and O–H groups in total. The maximum absolute atomic E-state index is 11.2. The van der Waals surface area contributed by atoms with Crippen LogP contribution in [0.4, 0.5) is 23.0 Å². The van der Waals surface area contributed by atoms with E-state index >= 15 is 0 Å². The molecule has 10 nitrogen and oxygen atoms in total. The van der Waals surface area contributed by atoms with Gasteiger partial charge in [-0.1, -0.05) is 0 Å². The van der Waals surface area contributed by atoms with Gasteiger partial charge in [-0.05, 0) is 19.1 Å². The van der Waals surface area contributed by atoms with Gasteiger partial charge in [0.15, 0.2) is 0 Å². The maximum atomic E-state index is 11.2. The molecule has 0 unspecified atom stereocenters. The molecule has 1 atom stereocenters. The zero-order valence-electron chi connectivity index (χ0n) is 13.5. The fourth-order valence-electron chi connectivity index (χ4n) is 2.99. The minimum absolute atomic E-state index is 0.0491. The summed E-state index contributed by atoms with van der Waals surface area (Å²) in [5.74, 6) is 0.629. The van der Waals surface area contributed by atoms with E-state index in [2.05, 4.69) is 9.97 Å². The predicted molar refractivity (Wildman–Crippen MR) is 90.8 cm³/mol. The van der Waals surface area contributed by atoms with Gasteiger partial charge < -0.3 is 9.80 Å². The van der Waals surface area contributed by atoms with E-state index in [1.807, 2.05) is 16.7 Å². The zero-order valence-corrected chi connectivity index (χ0v) is 13.5. The molecule has 25 heavy (non-hydrogen) atoms. The highest BCUT2D eigenvalue weighted by Gasteiger charge is 2.32. The van der Waals surface area contributed by atoms with E-state index in [4.69, 9.17) is 0 Å². The SMILES string of the molecule is C[C@@H]1CN(c2ncccc2[N+](=O)[O-])CCN1c1ncccc1[N+](=O)[O-]. The Labute approximate surface area is 143 Å². The summed E-state index contributed by atoms with van der Waals surface area (Å²) in [6.45, 7) is 3.26. The molecule has 2 aromatic rings. The molecule has 1 aliphatic rings. The van der Waals surface area contributed by atoms with Crippen molar-refractivity contribution in [1.29, 1.82) is 0 Å². The number of hydrogen-bond acceptors (Lipinski definition) is 8. The molecule has 1 aliphatic heterocycles. The van der Waals surface area contributed by atoms with E-state index in [-0.39, 0.29) is 17.4 Å². The van der Waals surface area contributed by atoms with Gasteiger partial charge in [-0.25, -0.2) is 9.97 Å². The first kappa shape index (κ1) is 16.6. The van der Waals surface area contributed by atoms with E-state index in [9.17, 15) is 20.2 Å². The molecule has 130 valence electrons. The molecule has 0 aromatic carbocycles. The van der Waals surface area contributed by atoms with Crippen molar-refractivity contribution in [3.63, 3.8) is 0 Å². The third-order valence-corrected chi connectivity index (χ3v) is 4.12. The lowest BCUT2D eigenvalue weighted by molar-refractivity contribution is -0.384. The highest BCUT2D eigenvalue weighted by atomic mass is 16.6. The monoisotopic (exact) mass is 344 g/mol. The Bertz CT molecular complexity index is 814. The van der Waals surface area contributed by atoms with Crippen LogP contribution in [-0.4, -0.2) is 45.5 Å². The first-order valence-corrected chi connectivity index (χ1v) is 7.69. The van der Waals surface area contributed by atoms with Crippen LogP contribution in [0.5, 0.6) is 0 Å². The molecule has 0 saturated carbocycles. The second kappa shape index (κ2) is 6.67. The molecule has 0 radical (unpaired) electrons. The van der Waals surface area contributed by atoms with Crippen LogP contribution in [-0.2, 0) is 0 Å². The zero-order chi connectivity index (χ0) is 18.0. The Morgan fingerprint density at radius 1 is 1.00 bits per heavy atom. The Balaban J connectivity index is 1.85. The minimum atomic E-state index is -0.455. The van der Waals surface area contributed by atoms with Crippen LogP contribution in [0.25, 0.3) is 0 Å². The Kier molecular flexibility index (Phi) is 4.42. The van der Waals surface area contributed by atoms with Gasteiger partial charge in [-0.3, -0.25) is 20.2 Å². The summed E-state index contributed by atoms with van der Waals surface area (Å²) in [7, 11) is 0. The summed E-state index contributed by atoms with van der Waals surface area (Å²) in [5.41, 5.74) is -0.0985. The lowest BCUT2D eigenvalue weighted by Gasteiger charge is -2.40. The van der Waals surface area contributed by atoms with Crippen molar-refractivity contribution < 1.29 is 9.85 Å². The van der Waals surface area contributed by atoms with Crippen molar-refractivity contribution in [1.82, 2.24) is 9.97 Å². The second-order valence-electron chi connectivity index (χ2n) is 5.69. The van der Waals surface area contributed by atoms with Crippen LogP contribution >= 0.6 is 0 Å². The molecule has 3 heterocycles. The number of nitro groups is 2. The minimum Gasteiger partial charge on any atom is -0.347 e. The quantitative estimate of drug-likeness (QED) is 0.610. The first-order valence-electron chi connectivity index (χ1n) is 7.69. The number of nitrogens with zero attached hydrogens (tertiary/aromatic N) is 6. The molecule has 0 aliphatic carbocycles. The molecule has 1 fully saturated rings. The third-order valence-electron chi connectivity index (χ3n) is 4.12. The van der Waals surface area contributed by atoms with Gasteiger partial charge in [0.1, 0.15) is 0 Å². The van der Waals surface area contributed by atoms with E-state index in [0.717, 1.165) is 0 Å². The van der Waals surface area contributed by atoms with Gasteiger partial charge in [0.25, 0.3) is 0 Å². The van der Waals surface area contributed by atoms with Gasteiger partial charge in [-0.2, -0.15) is 0 Å². The van der Waals surface area contributed by atoms with Crippen LogP contribution in [0.2, 0.25) is 0 Å². The summed E-state index contributed by atoms with van der Waals surface area (Å²) in [4.78, 5) is 33.5. The smallest absolute Gasteiger partial charge is 0.311 e. The van der Waals surface area contributed by atoms with Gasteiger partial charge in [0.05, 0.1) is 9.85 Å². The Morgan fingerprint density at radius 3 is 2.12 bits per heavy atom. The number of aromatic nitrogens is 2. The number of piperazine rings is 1. The van der Waals surface area contributed by atoms with Crippen molar-refractivity contribution in [3.8, 4) is 0 Å². The number of rotatable bonds is 4. The highest BCUT2D eigenvalue weighted by Crippen LogP contribution is 2.31. The average Bonchev–Trinajstić information content (AvgIpc) is 2.61. The van der Waals surface area contributed by atoms with Crippen molar-refractivity contribution in [2.24, 2.45) is 0 Å². The van der Waals surface area contributed by atoms with Crippen molar-refractivity contribution in [2.75, 3.05) is 29.4 Å². The second-order valence-corrected chi connectivity index (χ2v) is 5.69. The highest BCUT2D eigenvalue weighted by molar-refractivity contribution is 5.61. The van der Waals surface area contributed by atoms with Gasteiger partial charge in [-0.15, -0.1) is 0 Å². The predicted octanol–water partition coefficient (Wildman–Crippen LogP) is 2.01. The van der Waals surface area contributed by atoms with Crippen molar-refractivity contribution >= 4 is 23.0 Å². The van der Waals surface area contributed by atoms with Gasteiger partial charge in [0, 0.05) is 50.2 Å². The van der Waals surface area contributed by atoms with Crippen LogP contribution < -0.4 is 9.80 Å². The van der Waals surface area contributed by atoms with Gasteiger partial charge >= 0.3 is 11.4 Å². The van der Waals surface area contributed by atoms with Crippen LogP contribution in [0.15, 0.2) is 36.7 Å². The average molecular weight is 344 g/mol. The van der Waals surface area contributed by atoms with E-state index in [1.165, 1.54) is 36.7 Å². The molecule has 0 bridgehead atoms. The fourth-order valence-corrected chi connectivity index (χ4v) is 2.99. The van der Waals surface area contributed by atoms with E-state index < -0.39 is 9.85 Å². The first-order chi connectivity index (χ1) is 12.0. The molecule has 10 heteroatoms. The number of anilines is 2. The molecule has 3 rings (SSSR count). The Hall–Kier alpha value is -3.30.